The third-order valence-electron chi connectivity index (χ3n) is 6.02. The Morgan fingerprint density at radius 3 is 1.81 bits per heavy atom. The van der Waals surface area contributed by atoms with Gasteiger partial charge in [0.1, 0.15) is 6.10 Å². The first-order valence-corrected chi connectivity index (χ1v) is 13.7. The van der Waals surface area contributed by atoms with Crippen molar-refractivity contribution in [2.45, 2.75) is 122 Å². The van der Waals surface area contributed by atoms with Crippen molar-refractivity contribution in [3.63, 3.8) is 0 Å². The summed E-state index contributed by atoms with van der Waals surface area (Å²) in [4.78, 5) is 0. The van der Waals surface area contributed by atoms with Crippen LogP contribution in [0.1, 0.15) is 115 Å². The molecule has 0 unspecified atom stereocenters. The lowest BCUT2D eigenvalue weighted by Gasteiger charge is -2.16. The van der Waals surface area contributed by atoms with Crippen LogP contribution in [-0.2, 0) is 16.1 Å². The lowest BCUT2D eigenvalue weighted by Crippen LogP contribution is -2.24. The summed E-state index contributed by atoms with van der Waals surface area (Å²) in [5, 5.41) is 10.2. The Hall–Kier alpha value is -0.610. The highest BCUT2D eigenvalue weighted by Crippen LogP contribution is 2.14. The molecule has 4 heteroatoms. The van der Waals surface area contributed by atoms with E-state index in [0.29, 0.717) is 18.2 Å². The quantitative estimate of drug-likeness (QED) is 0.163. The maximum Gasteiger partial charge on any atom is 0.104 e. The summed E-state index contributed by atoms with van der Waals surface area (Å²) < 4.78 is 11.4. The van der Waals surface area contributed by atoms with E-state index >= 15 is 0 Å². The molecule has 32 heavy (non-hydrogen) atoms. The zero-order valence-corrected chi connectivity index (χ0v) is 21.4. The summed E-state index contributed by atoms with van der Waals surface area (Å²) in [6, 6.07) is 7.60. The monoisotopic (exact) mass is 468 g/mol. The van der Waals surface area contributed by atoms with Crippen LogP contribution in [0.4, 0.5) is 0 Å². The summed E-state index contributed by atoms with van der Waals surface area (Å²) in [7, 11) is 0. The van der Waals surface area contributed by atoms with Gasteiger partial charge >= 0.3 is 0 Å². The molecule has 0 saturated heterocycles. The van der Waals surface area contributed by atoms with Crippen LogP contribution >= 0.6 is 11.6 Å². The van der Waals surface area contributed by atoms with Crippen LogP contribution in [-0.4, -0.2) is 31.0 Å². The molecule has 0 aliphatic carbocycles. The van der Waals surface area contributed by atoms with Gasteiger partial charge in [0.2, 0.25) is 0 Å². The molecule has 0 radical (unpaired) electrons. The third-order valence-corrected chi connectivity index (χ3v) is 6.26. The molecule has 3 nitrogen and oxygen atoms in total. The van der Waals surface area contributed by atoms with Gasteiger partial charge in [-0.1, -0.05) is 127 Å². The van der Waals surface area contributed by atoms with Crippen molar-refractivity contribution in [2.75, 3.05) is 19.8 Å². The Kier molecular flexibility index (Phi) is 20.4. The van der Waals surface area contributed by atoms with E-state index in [9.17, 15) is 5.11 Å². The van der Waals surface area contributed by atoms with Crippen molar-refractivity contribution in [3.05, 3.63) is 34.9 Å². The normalized spacial score (nSPS) is 12.3. The summed E-state index contributed by atoms with van der Waals surface area (Å²) in [5.41, 5.74) is 1.01. The number of halogens is 1. The number of hydrogen-bond acceptors (Lipinski definition) is 3. The molecule has 1 atom stereocenters. The first-order valence-electron chi connectivity index (χ1n) is 13.3. The minimum Gasteiger partial charge on any atom is -0.394 e. The number of benzene rings is 1. The molecule has 0 spiro atoms. The van der Waals surface area contributed by atoms with Gasteiger partial charge < -0.3 is 14.6 Å². The first kappa shape index (κ1) is 29.4. The zero-order chi connectivity index (χ0) is 23.1. The fourth-order valence-corrected chi connectivity index (χ4v) is 4.17. The van der Waals surface area contributed by atoms with Crippen LogP contribution in [0.15, 0.2) is 24.3 Å². The summed E-state index contributed by atoms with van der Waals surface area (Å²) in [6.07, 6.45) is 21.7. The smallest absolute Gasteiger partial charge is 0.104 e. The highest BCUT2D eigenvalue weighted by Gasteiger charge is 2.08. The maximum atomic E-state index is 9.47. The van der Waals surface area contributed by atoms with Crippen molar-refractivity contribution in [1.29, 1.82) is 0 Å². The zero-order valence-electron chi connectivity index (χ0n) is 20.7. The molecular weight excluding hydrogens is 420 g/mol. The molecule has 0 aliphatic rings. The van der Waals surface area contributed by atoms with E-state index in [0.717, 1.165) is 18.6 Å². The fraction of sp³-hybridized carbons (Fsp3) is 0.786. The molecule has 0 bridgehead atoms. The van der Waals surface area contributed by atoms with E-state index in [2.05, 4.69) is 6.92 Å². The van der Waals surface area contributed by atoms with Gasteiger partial charge in [-0.25, -0.2) is 0 Å². The predicted molar refractivity (Wildman–Crippen MR) is 137 cm³/mol. The Labute approximate surface area is 203 Å². The van der Waals surface area contributed by atoms with Crippen molar-refractivity contribution >= 4 is 11.6 Å². The summed E-state index contributed by atoms with van der Waals surface area (Å²) >= 11 is 5.98. The average Bonchev–Trinajstić information content (AvgIpc) is 2.80. The van der Waals surface area contributed by atoms with Crippen LogP contribution in [0.3, 0.4) is 0 Å². The van der Waals surface area contributed by atoms with Gasteiger partial charge in [0.25, 0.3) is 0 Å². The van der Waals surface area contributed by atoms with Crippen molar-refractivity contribution < 1.29 is 14.6 Å². The van der Waals surface area contributed by atoms with Crippen molar-refractivity contribution in [3.8, 4) is 0 Å². The van der Waals surface area contributed by atoms with Crippen LogP contribution < -0.4 is 0 Å². The Morgan fingerprint density at radius 2 is 1.31 bits per heavy atom. The van der Waals surface area contributed by atoms with E-state index in [1.54, 1.807) is 0 Å². The number of hydrogen-bond donors (Lipinski definition) is 1. The van der Waals surface area contributed by atoms with Gasteiger partial charge in [-0.15, -0.1) is 0 Å². The number of aliphatic hydroxyl groups excluding tert-OH is 1. The van der Waals surface area contributed by atoms with Crippen LogP contribution in [0, 0.1) is 0 Å². The minimum atomic E-state index is -0.282. The molecule has 1 rings (SSSR count). The Balaban J connectivity index is 1.81. The van der Waals surface area contributed by atoms with Gasteiger partial charge in [0, 0.05) is 11.6 Å². The molecule has 0 aromatic heterocycles. The van der Waals surface area contributed by atoms with E-state index in [1.165, 1.54) is 96.3 Å². The highest BCUT2D eigenvalue weighted by molar-refractivity contribution is 6.30. The van der Waals surface area contributed by atoms with Crippen molar-refractivity contribution in [2.24, 2.45) is 0 Å². The number of rotatable bonds is 23. The molecular formula is C28H49ClO3. The van der Waals surface area contributed by atoms with Crippen LogP contribution in [0.5, 0.6) is 0 Å². The molecule has 1 aromatic rings. The van der Waals surface area contributed by atoms with E-state index < -0.39 is 0 Å². The molecule has 0 heterocycles. The third kappa shape index (κ3) is 17.9. The molecule has 0 amide bonds. The Morgan fingerprint density at radius 1 is 0.781 bits per heavy atom. The SMILES string of the molecule is CCCCCCCCCCCCCCCCCCOC[C@H](CO)OCc1cccc(Cl)c1. The van der Waals surface area contributed by atoms with E-state index in [1.807, 2.05) is 24.3 Å². The van der Waals surface area contributed by atoms with Crippen molar-refractivity contribution in [1.82, 2.24) is 0 Å². The minimum absolute atomic E-state index is 0.0282. The van der Waals surface area contributed by atoms with Gasteiger partial charge in [-0.2, -0.15) is 0 Å². The lowest BCUT2D eigenvalue weighted by molar-refractivity contribution is -0.0502. The Bertz CT molecular complexity index is 523. The van der Waals surface area contributed by atoms with E-state index in [4.69, 9.17) is 21.1 Å². The maximum absolute atomic E-state index is 9.47. The standard InChI is InChI=1S/C28H49ClO3/c1-2-3-4-5-6-7-8-9-10-11-12-13-14-15-16-17-21-31-25-28(23-30)32-24-26-19-18-20-27(29)22-26/h18-20,22,28,30H,2-17,21,23-25H2,1H3/t28-/m0/s1. The second kappa shape index (κ2) is 22.2. The molecule has 0 fully saturated rings. The highest BCUT2D eigenvalue weighted by atomic mass is 35.5. The second-order valence-electron chi connectivity index (χ2n) is 9.12. The number of unbranched alkanes of at least 4 members (excludes halogenated alkanes) is 15. The van der Waals surface area contributed by atoms with Crippen LogP contribution in [0.2, 0.25) is 5.02 Å². The first-order chi connectivity index (χ1) is 15.8. The van der Waals surface area contributed by atoms with Gasteiger partial charge in [-0.05, 0) is 24.1 Å². The molecule has 186 valence electrons. The van der Waals surface area contributed by atoms with Gasteiger partial charge in [0.05, 0.1) is 19.8 Å². The lowest BCUT2D eigenvalue weighted by atomic mass is 10.0. The topological polar surface area (TPSA) is 38.7 Å². The van der Waals surface area contributed by atoms with Gasteiger partial charge in [0.15, 0.2) is 0 Å². The van der Waals surface area contributed by atoms with Gasteiger partial charge in [-0.3, -0.25) is 0 Å². The average molecular weight is 469 g/mol. The largest absolute Gasteiger partial charge is 0.394 e. The molecule has 1 N–H and O–H groups in total. The van der Waals surface area contributed by atoms with Crippen LogP contribution in [0.25, 0.3) is 0 Å². The fourth-order valence-electron chi connectivity index (χ4n) is 3.96. The molecule has 0 aliphatic heterocycles. The summed E-state index contributed by atoms with van der Waals surface area (Å²) in [6.45, 7) is 3.88. The number of aliphatic hydroxyl groups is 1. The summed E-state index contributed by atoms with van der Waals surface area (Å²) in [5.74, 6) is 0. The molecule has 0 saturated carbocycles. The van der Waals surface area contributed by atoms with E-state index in [-0.39, 0.29) is 12.7 Å². The second-order valence-corrected chi connectivity index (χ2v) is 9.56. The molecule has 1 aromatic carbocycles. The predicted octanol–water partition coefficient (Wildman–Crippen LogP) is 8.50. The number of ether oxygens (including phenoxy) is 2.